The maximum atomic E-state index is 10.7. The number of aliphatic hydroxyl groups is 1. The fourth-order valence-corrected chi connectivity index (χ4v) is 5.15. The van der Waals surface area contributed by atoms with Crippen molar-refractivity contribution in [2.45, 2.75) is 18.7 Å². The second kappa shape index (κ2) is 5.80. The fourth-order valence-electron chi connectivity index (χ4n) is 3.05. The van der Waals surface area contributed by atoms with Crippen molar-refractivity contribution >= 4 is 19.4 Å². The van der Waals surface area contributed by atoms with Crippen molar-refractivity contribution in [3.8, 4) is 0 Å². The van der Waals surface area contributed by atoms with Crippen LogP contribution in [-0.4, -0.2) is 37.8 Å². The maximum absolute atomic E-state index is 10.7. The van der Waals surface area contributed by atoms with Gasteiger partial charge in [0, 0.05) is 0 Å². The molecule has 112 valence electrons. The van der Waals surface area contributed by atoms with Crippen LogP contribution in [0.3, 0.4) is 0 Å². The van der Waals surface area contributed by atoms with Crippen LogP contribution < -0.4 is 4.46 Å². The predicted molar refractivity (Wildman–Crippen MR) is 86.9 cm³/mol. The van der Waals surface area contributed by atoms with Crippen LogP contribution in [0.1, 0.15) is 18.0 Å². The topological polar surface area (TPSA) is 32.7 Å². The molecule has 2 aromatic rings. The van der Waals surface area contributed by atoms with Crippen LogP contribution in [0.2, 0.25) is 0 Å². The van der Waals surface area contributed by atoms with Gasteiger partial charge in [-0.05, 0) is 0 Å². The molecule has 2 aliphatic heterocycles. The molecule has 0 bridgehead atoms. The summed E-state index contributed by atoms with van der Waals surface area (Å²) in [6.07, 6.45) is 0.801. The van der Waals surface area contributed by atoms with E-state index in [-0.39, 0.29) is 27.2 Å². The molecule has 0 unspecified atom stereocenters. The Labute approximate surface area is 136 Å². The number of fused-ring (bicyclic) bond motifs is 1. The second-order valence-electron chi connectivity index (χ2n) is 5.49. The Kier molecular flexibility index (Phi) is 3.67. The third kappa shape index (κ3) is 2.44. The molecule has 2 atom stereocenters. The van der Waals surface area contributed by atoms with Gasteiger partial charge in [-0.2, -0.15) is 0 Å². The molecule has 0 aromatic heterocycles. The van der Waals surface area contributed by atoms with Gasteiger partial charge in [-0.1, -0.05) is 0 Å². The molecule has 2 heterocycles. The Morgan fingerprint density at radius 3 is 2.41 bits per heavy atom. The molecule has 0 amide bonds. The number of nitrogens with zero attached hydrogens (tertiary/aromatic N) is 1. The van der Waals surface area contributed by atoms with Crippen molar-refractivity contribution < 1.29 is 9.84 Å². The molecular weight excluding hydrogens is 341 g/mol. The van der Waals surface area contributed by atoms with E-state index in [0.717, 1.165) is 10.9 Å². The van der Waals surface area contributed by atoms with Crippen LogP contribution in [0.25, 0.3) is 0 Å². The normalized spacial score (nSPS) is 23.9. The molecule has 0 spiro atoms. The van der Waals surface area contributed by atoms with Crippen LogP contribution >= 0.6 is 0 Å². The van der Waals surface area contributed by atoms with E-state index in [1.54, 1.807) is 0 Å². The van der Waals surface area contributed by atoms with Crippen LogP contribution in [0, 0.1) is 0 Å². The van der Waals surface area contributed by atoms with Gasteiger partial charge < -0.3 is 0 Å². The quantitative estimate of drug-likeness (QED) is 0.856. The summed E-state index contributed by atoms with van der Waals surface area (Å²) < 4.78 is 8.33. The number of benzene rings is 2. The number of aliphatic hydroxyl groups excluding tert-OH is 1. The number of hydrogen-bond acceptors (Lipinski definition) is 3. The molecule has 0 saturated carbocycles. The van der Waals surface area contributed by atoms with E-state index in [1.165, 1.54) is 10.0 Å². The second-order valence-corrected chi connectivity index (χ2v) is 7.94. The Hall–Kier alpha value is -1.74. The molecule has 1 saturated heterocycles. The molecule has 0 radical (unpaired) electrons. The van der Waals surface area contributed by atoms with Crippen molar-refractivity contribution in [3.63, 3.8) is 0 Å². The van der Waals surface area contributed by atoms with Gasteiger partial charge in [-0.15, -0.1) is 0 Å². The van der Waals surface area contributed by atoms with E-state index in [4.69, 9.17) is 4.74 Å². The predicted octanol–water partition coefficient (Wildman–Crippen LogP) is 2.55. The monoisotopic (exact) mass is 359 g/mol. The van der Waals surface area contributed by atoms with Gasteiger partial charge in [0.25, 0.3) is 0 Å². The molecule has 4 heteroatoms. The van der Waals surface area contributed by atoms with Gasteiger partial charge in [0.05, 0.1) is 0 Å². The van der Waals surface area contributed by atoms with Crippen LogP contribution in [-0.2, 0) is 4.74 Å². The number of ether oxygens (including phenoxy) is 1. The fraction of sp³-hybridized carbons (Fsp3) is 0.222. The average molecular weight is 358 g/mol. The van der Waals surface area contributed by atoms with Gasteiger partial charge in [0.2, 0.25) is 0 Å². The van der Waals surface area contributed by atoms with Crippen LogP contribution in [0.5, 0.6) is 0 Å². The Balaban J connectivity index is 1.60. The van der Waals surface area contributed by atoms with Crippen molar-refractivity contribution in [2.24, 2.45) is 0 Å². The van der Waals surface area contributed by atoms with E-state index in [1.807, 2.05) is 36.4 Å². The zero-order valence-corrected chi connectivity index (χ0v) is 13.8. The van der Waals surface area contributed by atoms with E-state index < -0.39 is 0 Å². The van der Waals surface area contributed by atoms with Crippen molar-refractivity contribution in [1.82, 2.24) is 4.90 Å². The van der Waals surface area contributed by atoms with Gasteiger partial charge in [0.15, 0.2) is 0 Å². The van der Waals surface area contributed by atoms with E-state index in [0.29, 0.717) is 12.5 Å². The summed E-state index contributed by atoms with van der Waals surface area (Å²) in [6, 6.07) is 20.8. The Morgan fingerprint density at radius 1 is 1.00 bits per heavy atom. The summed E-state index contributed by atoms with van der Waals surface area (Å²) in [5.74, 6) is 0.431. The molecule has 1 N–H and O–H groups in total. The number of hydrogen-bond donors (Lipinski definition) is 1. The summed E-state index contributed by atoms with van der Waals surface area (Å²) in [5, 5.41) is 10.7. The molecule has 22 heavy (non-hydrogen) atoms. The summed E-state index contributed by atoms with van der Waals surface area (Å²) in [7, 11) is 0. The van der Waals surface area contributed by atoms with Gasteiger partial charge >= 0.3 is 136 Å². The summed E-state index contributed by atoms with van der Waals surface area (Å²) in [4.78, 5) is 2.05. The standard InChI is InChI=1S/C18H17NO2Se/c20-18-16(22-14-9-5-2-6-10-14)11-17-19(18)15(12-21-17)13-7-3-1-4-8-13/h1-10,15,17,20H,11-12H2/t15-,17-/m1/s1. The number of rotatable bonds is 3. The molecule has 2 aliphatic rings. The first kappa shape index (κ1) is 13.9. The first-order valence-corrected chi connectivity index (χ1v) is 9.14. The first-order valence-electron chi connectivity index (χ1n) is 7.43. The molecule has 4 rings (SSSR count). The molecule has 0 aliphatic carbocycles. The van der Waals surface area contributed by atoms with Crippen LogP contribution in [0.4, 0.5) is 0 Å². The zero-order valence-electron chi connectivity index (χ0n) is 12.1. The summed E-state index contributed by atoms with van der Waals surface area (Å²) >= 11 is 0.153. The van der Waals surface area contributed by atoms with Crippen molar-refractivity contribution in [3.05, 3.63) is 76.6 Å². The average Bonchev–Trinajstić information content (AvgIpc) is 3.11. The minimum atomic E-state index is -0.00852. The van der Waals surface area contributed by atoms with E-state index in [9.17, 15) is 5.11 Å². The first-order chi connectivity index (χ1) is 10.8. The van der Waals surface area contributed by atoms with Gasteiger partial charge in [-0.25, -0.2) is 0 Å². The summed E-state index contributed by atoms with van der Waals surface area (Å²) in [5.41, 5.74) is 1.20. The van der Waals surface area contributed by atoms with Gasteiger partial charge in [0.1, 0.15) is 0 Å². The summed E-state index contributed by atoms with van der Waals surface area (Å²) in [6.45, 7) is 0.643. The van der Waals surface area contributed by atoms with E-state index in [2.05, 4.69) is 29.2 Å². The molecule has 2 aromatic carbocycles. The van der Waals surface area contributed by atoms with Gasteiger partial charge in [-0.3, -0.25) is 0 Å². The third-order valence-electron chi connectivity index (χ3n) is 4.12. The zero-order chi connectivity index (χ0) is 14.9. The van der Waals surface area contributed by atoms with Crippen molar-refractivity contribution in [2.75, 3.05) is 6.61 Å². The minimum absolute atomic E-state index is 0.00852. The molecule has 1 fully saturated rings. The van der Waals surface area contributed by atoms with Crippen molar-refractivity contribution in [1.29, 1.82) is 0 Å². The third-order valence-corrected chi connectivity index (χ3v) is 6.43. The molecular formula is C18H17NO2Se. The Bertz CT molecular complexity index is 687. The SMILES string of the molecule is OC1=C([Se]c2ccccc2)C[C@H]2OC[C@H](c3ccccc3)N12. The molecule has 3 nitrogen and oxygen atoms in total. The Morgan fingerprint density at radius 2 is 1.68 bits per heavy atom. The van der Waals surface area contributed by atoms with E-state index >= 15 is 0 Å². The van der Waals surface area contributed by atoms with Crippen LogP contribution in [0.15, 0.2) is 71.0 Å².